The number of nitrogens with one attached hydrogen (secondary N) is 1. The Morgan fingerprint density at radius 2 is 2.14 bits per heavy atom. The molecule has 0 saturated heterocycles. The van der Waals surface area contributed by atoms with E-state index in [1.165, 1.54) is 24.5 Å². The maximum Gasteiger partial charge on any atom is 0.182 e. The molecule has 6 nitrogen and oxygen atoms in total. The van der Waals surface area contributed by atoms with Crippen LogP contribution in [0.25, 0.3) is 11.0 Å². The lowest BCUT2D eigenvalue weighted by Crippen LogP contribution is -2.11. The number of rotatable bonds is 4. The molecule has 1 aromatic carbocycles. The van der Waals surface area contributed by atoms with Crippen LogP contribution in [-0.2, 0) is 13.5 Å². The van der Waals surface area contributed by atoms with Crippen molar-refractivity contribution in [2.24, 2.45) is 7.05 Å². The van der Waals surface area contributed by atoms with Crippen molar-refractivity contribution in [2.75, 3.05) is 11.9 Å². The summed E-state index contributed by atoms with van der Waals surface area (Å²) in [5.74, 6) is 1.00. The summed E-state index contributed by atoms with van der Waals surface area (Å²) in [4.78, 5) is 12.5. The number of nitrogens with zero attached hydrogens (tertiary/aromatic N) is 5. The number of benzene rings is 1. The SMILES string of the molecule is Cn1c(CCNc2nccnc2C#N)nc2ccc(F)cc21. The van der Waals surface area contributed by atoms with Crippen LogP contribution in [0.3, 0.4) is 0 Å². The first kappa shape index (κ1) is 13.9. The van der Waals surface area contributed by atoms with E-state index >= 15 is 0 Å². The van der Waals surface area contributed by atoms with Crippen molar-refractivity contribution >= 4 is 16.9 Å². The highest BCUT2D eigenvalue weighted by Crippen LogP contribution is 2.16. The van der Waals surface area contributed by atoms with Crippen LogP contribution in [0.4, 0.5) is 10.2 Å². The average Bonchev–Trinajstić information content (AvgIpc) is 2.84. The Morgan fingerprint density at radius 3 is 2.95 bits per heavy atom. The number of imidazole rings is 1. The second kappa shape index (κ2) is 5.77. The highest BCUT2D eigenvalue weighted by atomic mass is 19.1. The second-order valence-corrected chi connectivity index (χ2v) is 4.76. The average molecular weight is 296 g/mol. The van der Waals surface area contributed by atoms with E-state index in [9.17, 15) is 4.39 Å². The fourth-order valence-corrected chi connectivity index (χ4v) is 2.28. The van der Waals surface area contributed by atoms with Crippen LogP contribution in [-0.4, -0.2) is 26.1 Å². The molecule has 2 heterocycles. The van der Waals surface area contributed by atoms with E-state index in [1.54, 1.807) is 6.07 Å². The van der Waals surface area contributed by atoms with Gasteiger partial charge in [0.15, 0.2) is 11.5 Å². The van der Waals surface area contributed by atoms with E-state index in [-0.39, 0.29) is 11.5 Å². The van der Waals surface area contributed by atoms with E-state index in [2.05, 4.69) is 20.3 Å². The predicted molar refractivity (Wildman–Crippen MR) is 79.6 cm³/mol. The third kappa shape index (κ3) is 2.59. The maximum absolute atomic E-state index is 13.3. The molecule has 3 rings (SSSR count). The fraction of sp³-hybridized carbons (Fsp3) is 0.200. The molecule has 0 spiro atoms. The summed E-state index contributed by atoms with van der Waals surface area (Å²) in [6, 6.07) is 6.52. The van der Waals surface area contributed by atoms with E-state index in [1.807, 2.05) is 17.7 Å². The van der Waals surface area contributed by atoms with E-state index in [0.29, 0.717) is 18.8 Å². The molecule has 0 atom stereocenters. The van der Waals surface area contributed by atoms with Crippen LogP contribution < -0.4 is 5.32 Å². The van der Waals surface area contributed by atoms with Crippen LogP contribution >= 0.6 is 0 Å². The van der Waals surface area contributed by atoms with Gasteiger partial charge in [-0.25, -0.2) is 19.3 Å². The number of aromatic nitrogens is 4. The number of nitriles is 1. The number of halogens is 1. The molecule has 0 unspecified atom stereocenters. The first-order chi connectivity index (χ1) is 10.7. The summed E-state index contributed by atoms with van der Waals surface area (Å²) in [5.41, 5.74) is 1.78. The van der Waals surface area contributed by atoms with Crippen molar-refractivity contribution in [1.29, 1.82) is 5.26 Å². The maximum atomic E-state index is 13.3. The quantitative estimate of drug-likeness (QED) is 0.797. The Balaban J connectivity index is 1.75. The van der Waals surface area contributed by atoms with Gasteiger partial charge in [-0.3, -0.25) is 0 Å². The van der Waals surface area contributed by atoms with Crippen molar-refractivity contribution in [3.8, 4) is 6.07 Å². The highest BCUT2D eigenvalue weighted by Gasteiger charge is 2.09. The summed E-state index contributed by atoms with van der Waals surface area (Å²) in [7, 11) is 1.85. The lowest BCUT2D eigenvalue weighted by Gasteiger charge is -2.06. The summed E-state index contributed by atoms with van der Waals surface area (Å²) in [5, 5.41) is 12.0. The molecule has 0 aliphatic carbocycles. The molecule has 22 heavy (non-hydrogen) atoms. The molecule has 0 fully saturated rings. The molecule has 1 N–H and O–H groups in total. The van der Waals surface area contributed by atoms with Crippen LogP contribution in [0.2, 0.25) is 0 Å². The third-order valence-electron chi connectivity index (χ3n) is 3.38. The zero-order chi connectivity index (χ0) is 15.5. The number of fused-ring (bicyclic) bond motifs is 1. The molecule has 0 saturated carbocycles. The van der Waals surface area contributed by atoms with Gasteiger partial charge in [0, 0.05) is 32.4 Å². The Labute approximate surface area is 126 Å². The third-order valence-corrected chi connectivity index (χ3v) is 3.38. The number of aryl methyl sites for hydroxylation is 1. The molecule has 0 radical (unpaired) electrons. The minimum atomic E-state index is -0.279. The van der Waals surface area contributed by atoms with Crippen LogP contribution in [0.1, 0.15) is 11.5 Å². The summed E-state index contributed by atoms with van der Waals surface area (Å²) in [6.07, 6.45) is 3.62. The Hall–Kier alpha value is -3.01. The minimum absolute atomic E-state index is 0.259. The molecule has 110 valence electrons. The molecular formula is C15H13FN6. The molecule has 2 aromatic heterocycles. The van der Waals surface area contributed by atoms with E-state index < -0.39 is 0 Å². The summed E-state index contributed by atoms with van der Waals surface area (Å²) in [6.45, 7) is 0.549. The van der Waals surface area contributed by atoms with Crippen LogP contribution in [0, 0.1) is 17.1 Å². The zero-order valence-corrected chi connectivity index (χ0v) is 11.9. The Morgan fingerprint density at radius 1 is 1.32 bits per heavy atom. The molecule has 0 bridgehead atoms. The van der Waals surface area contributed by atoms with Crippen molar-refractivity contribution < 1.29 is 4.39 Å². The largest absolute Gasteiger partial charge is 0.367 e. The minimum Gasteiger partial charge on any atom is -0.367 e. The first-order valence-electron chi connectivity index (χ1n) is 6.75. The van der Waals surface area contributed by atoms with Gasteiger partial charge in [-0.15, -0.1) is 0 Å². The monoisotopic (exact) mass is 296 g/mol. The lowest BCUT2D eigenvalue weighted by atomic mass is 10.3. The lowest BCUT2D eigenvalue weighted by molar-refractivity contribution is 0.628. The Kier molecular flexibility index (Phi) is 3.66. The van der Waals surface area contributed by atoms with Gasteiger partial charge in [0.1, 0.15) is 17.7 Å². The molecular weight excluding hydrogens is 283 g/mol. The molecule has 0 aliphatic heterocycles. The molecule has 7 heteroatoms. The molecule has 0 aliphatic rings. The van der Waals surface area contributed by atoms with Crippen LogP contribution in [0.5, 0.6) is 0 Å². The van der Waals surface area contributed by atoms with Gasteiger partial charge in [0.05, 0.1) is 11.0 Å². The zero-order valence-electron chi connectivity index (χ0n) is 11.9. The normalized spacial score (nSPS) is 10.6. The van der Waals surface area contributed by atoms with Crippen molar-refractivity contribution in [1.82, 2.24) is 19.5 Å². The molecule has 3 aromatic rings. The van der Waals surface area contributed by atoms with Crippen molar-refractivity contribution in [2.45, 2.75) is 6.42 Å². The molecule has 0 amide bonds. The first-order valence-corrected chi connectivity index (χ1v) is 6.75. The topological polar surface area (TPSA) is 79.4 Å². The van der Waals surface area contributed by atoms with Gasteiger partial charge in [0.25, 0.3) is 0 Å². The van der Waals surface area contributed by atoms with Gasteiger partial charge in [0.2, 0.25) is 0 Å². The number of hydrogen-bond acceptors (Lipinski definition) is 5. The standard InChI is InChI=1S/C15H13FN6/c1-22-13-8-10(16)2-3-11(13)21-14(22)4-5-19-15-12(9-17)18-6-7-20-15/h2-3,6-8H,4-5H2,1H3,(H,19,20). The van der Waals surface area contributed by atoms with Gasteiger partial charge < -0.3 is 9.88 Å². The highest BCUT2D eigenvalue weighted by molar-refractivity contribution is 5.75. The van der Waals surface area contributed by atoms with Gasteiger partial charge >= 0.3 is 0 Å². The summed E-state index contributed by atoms with van der Waals surface area (Å²) < 4.78 is 15.1. The van der Waals surface area contributed by atoms with Crippen molar-refractivity contribution in [3.63, 3.8) is 0 Å². The van der Waals surface area contributed by atoms with Gasteiger partial charge in [-0.05, 0) is 18.2 Å². The van der Waals surface area contributed by atoms with E-state index in [0.717, 1.165) is 16.9 Å². The predicted octanol–water partition coefficient (Wildman–Crippen LogP) is 2.03. The van der Waals surface area contributed by atoms with E-state index in [4.69, 9.17) is 5.26 Å². The smallest absolute Gasteiger partial charge is 0.182 e. The second-order valence-electron chi connectivity index (χ2n) is 4.76. The number of hydrogen-bond donors (Lipinski definition) is 1. The van der Waals surface area contributed by atoms with Gasteiger partial charge in [-0.1, -0.05) is 0 Å². The van der Waals surface area contributed by atoms with Crippen molar-refractivity contribution in [3.05, 3.63) is 47.9 Å². The summed E-state index contributed by atoms with van der Waals surface area (Å²) >= 11 is 0. The van der Waals surface area contributed by atoms with Crippen LogP contribution in [0.15, 0.2) is 30.6 Å². The number of anilines is 1. The fourth-order valence-electron chi connectivity index (χ4n) is 2.28. The Bertz CT molecular complexity index is 864. The van der Waals surface area contributed by atoms with Gasteiger partial charge in [-0.2, -0.15) is 5.26 Å².